The molecule has 0 unspecified atom stereocenters. The van der Waals surface area contributed by atoms with Crippen LogP contribution in [0.4, 0.5) is 8.78 Å². The lowest BCUT2D eigenvalue weighted by Gasteiger charge is -2.41. The third-order valence-electron chi connectivity index (χ3n) is 5.00. The zero-order valence-electron chi connectivity index (χ0n) is 15.6. The number of aliphatic hydroxyl groups excluding tert-OH is 1. The average Bonchev–Trinajstić information content (AvgIpc) is 2.63. The van der Waals surface area contributed by atoms with Crippen molar-refractivity contribution in [2.75, 3.05) is 33.4 Å². The summed E-state index contributed by atoms with van der Waals surface area (Å²) in [5, 5.41) is 9.47. The Morgan fingerprint density at radius 2 is 1.81 bits per heavy atom. The molecule has 0 bridgehead atoms. The predicted octanol–water partition coefficient (Wildman–Crippen LogP) is 3.04. The highest BCUT2D eigenvalue weighted by Crippen LogP contribution is 2.21. The third kappa shape index (κ3) is 5.48. The number of nitrogens with zero attached hydrogens (tertiary/aromatic N) is 2. The molecule has 0 saturated carbocycles. The third-order valence-corrected chi connectivity index (χ3v) is 5.00. The molecule has 0 aromatic heterocycles. The zero-order valence-corrected chi connectivity index (χ0v) is 15.6. The molecule has 1 aliphatic heterocycles. The van der Waals surface area contributed by atoms with E-state index >= 15 is 0 Å². The second-order valence-corrected chi connectivity index (χ2v) is 7.00. The molecule has 1 aliphatic rings. The Kier molecular flexibility index (Phi) is 6.77. The monoisotopic (exact) mass is 376 g/mol. The summed E-state index contributed by atoms with van der Waals surface area (Å²) >= 11 is 0. The van der Waals surface area contributed by atoms with Gasteiger partial charge in [0.15, 0.2) is 0 Å². The van der Waals surface area contributed by atoms with Crippen LogP contribution in [0.3, 0.4) is 0 Å². The molecule has 2 aromatic carbocycles. The van der Waals surface area contributed by atoms with E-state index in [-0.39, 0.29) is 12.6 Å². The minimum atomic E-state index is -0.548. The molecule has 0 spiro atoms. The van der Waals surface area contributed by atoms with E-state index in [1.165, 1.54) is 12.1 Å². The fraction of sp³-hybridized carbons (Fsp3) is 0.429. The summed E-state index contributed by atoms with van der Waals surface area (Å²) in [5.74, 6) is -0.264. The van der Waals surface area contributed by atoms with E-state index < -0.39 is 11.6 Å². The van der Waals surface area contributed by atoms with Crippen LogP contribution in [0.5, 0.6) is 5.75 Å². The molecular formula is C21H26F2N2O2. The normalized spacial score (nSPS) is 18.6. The van der Waals surface area contributed by atoms with Gasteiger partial charge in [0.25, 0.3) is 0 Å². The molecule has 1 saturated heterocycles. The standard InChI is InChI=1S/C21H26F2N2O2/c1-27-21-4-2-3-16(11-21)14-25-7-6-24(15-20(25)5-8-26)13-17-9-18(22)12-19(23)10-17/h2-4,9-12,20,26H,5-8,13-15H2,1H3/t20-/m1/s1. The van der Waals surface area contributed by atoms with Gasteiger partial charge in [-0.05, 0) is 41.8 Å². The zero-order chi connectivity index (χ0) is 19.2. The number of ether oxygens (including phenoxy) is 1. The first-order valence-electron chi connectivity index (χ1n) is 9.22. The van der Waals surface area contributed by atoms with Crippen molar-refractivity contribution in [2.24, 2.45) is 0 Å². The first-order valence-corrected chi connectivity index (χ1v) is 9.22. The van der Waals surface area contributed by atoms with Gasteiger partial charge in [0.1, 0.15) is 17.4 Å². The highest BCUT2D eigenvalue weighted by atomic mass is 19.1. The molecule has 1 N–H and O–H groups in total. The van der Waals surface area contributed by atoms with Gasteiger partial charge in [-0.15, -0.1) is 0 Å². The second kappa shape index (κ2) is 9.26. The predicted molar refractivity (Wildman–Crippen MR) is 101 cm³/mol. The van der Waals surface area contributed by atoms with Crippen molar-refractivity contribution in [3.05, 3.63) is 65.2 Å². The lowest BCUT2D eigenvalue weighted by Crippen LogP contribution is -2.52. The van der Waals surface area contributed by atoms with Gasteiger partial charge in [-0.3, -0.25) is 9.80 Å². The molecule has 0 amide bonds. The molecule has 1 heterocycles. The highest BCUT2D eigenvalue weighted by Gasteiger charge is 2.26. The molecule has 27 heavy (non-hydrogen) atoms. The van der Waals surface area contributed by atoms with E-state index in [9.17, 15) is 13.9 Å². The van der Waals surface area contributed by atoms with Gasteiger partial charge in [-0.1, -0.05) is 12.1 Å². The van der Waals surface area contributed by atoms with Crippen molar-refractivity contribution in [2.45, 2.75) is 25.6 Å². The fourth-order valence-electron chi connectivity index (χ4n) is 3.70. The summed E-state index contributed by atoms with van der Waals surface area (Å²) in [7, 11) is 1.65. The molecule has 0 radical (unpaired) electrons. The van der Waals surface area contributed by atoms with Crippen LogP contribution in [-0.2, 0) is 13.1 Å². The number of rotatable bonds is 7. The Balaban J connectivity index is 1.65. The number of hydrogen-bond acceptors (Lipinski definition) is 4. The maximum atomic E-state index is 13.4. The van der Waals surface area contributed by atoms with Crippen LogP contribution in [0, 0.1) is 11.6 Å². The number of hydrogen-bond donors (Lipinski definition) is 1. The molecule has 6 heteroatoms. The second-order valence-electron chi connectivity index (χ2n) is 7.00. The number of aliphatic hydroxyl groups is 1. The summed E-state index contributed by atoms with van der Waals surface area (Å²) in [6.07, 6.45) is 0.665. The number of piperazine rings is 1. The lowest BCUT2D eigenvalue weighted by molar-refractivity contribution is 0.0498. The minimum Gasteiger partial charge on any atom is -0.497 e. The van der Waals surface area contributed by atoms with E-state index in [4.69, 9.17) is 4.74 Å². The van der Waals surface area contributed by atoms with Gasteiger partial charge in [-0.2, -0.15) is 0 Å². The molecule has 1 fully saturated rings. The van der Waals surface area contributed by atoms with Gasteiger partial charge >= 0.3 is 0 Å². The maximum Gasteiger partial charge on any atom is 0.126 e. The fourth-order valence-corrected chi connectivity index (χ4v) is 3.70. The van der Waals surface area contributed by atoms with E-state index in [2.05, 4.69) is 15.9 Å². The van der Waals surface area contributed by atoms with Crippen molar-refractivity contribution in [3.63, 3.8) is 0 Å². The summed E-state index contributed by atoms with van der Waals surface area (Å²) in [6, 6.07) is 11.8. The number of halogens is 2. The van der Waals surface area contributed by atoms with Crippen molar-refractivity contribution in [1.82, 2.24) is 9.80 Å². The minimum absolute atomic E-state index is 0.113. The summed E-state index contributed by atoms with van der Waals surface area (Å²) in [4.78, 5) is 4.55. The van der Waals surface area contributed by atoms with Crippen LogP contribution in [-0.4, -0.2) is 54.3 Å². The van der Waals surface area contributed by atoms with Crippen LogP contribution in [0.2, 0.25) is 0 Å². The van der Waals surface area contributed by atoms with E-state index in [0.717, 1.165) is 43.6 Å². The molecular weight excluding hydrogens is 350 g/mol. The van der Waals surface area contributed by atoms with Crippen LogP contribution in [0.1, 0.15) is 17.5 Å². The van der Waals surface area contributed by atoms with Crippen molar-refractivity contribution < 1.29 is 18.6 Å². The van der Waals surface area contributed by atoms with E-state index in [1.807, 2.05) is 18.2 Å². The largest absolute Gasteiger partial charge is 0.497 e. The highest BCUT2D eigenvalue weighted by molar-refractivity contribution is 5.28. The van der Waals surface area contributed by atoms with Crippen LogP contribution in [0.25, 0.3) is 0 Å². The Morgan fingerprint density at radius 1 is 1.04 bits per heavy atom. The van der Waals surface area contributed by atoms with Crippen molar-refractivity contribution in [3.8, 4) is 5.75 Å². The smallest absolute Gasteiger partial charge is 0.126 e. The first kappa shape index (κ1) is 19.7. The van der Waals surface area contributed by atoms with Crippen molar-refractivity contribution >= 4 is 0 Å². The molecule has 0 aliphatic carbocycles. The average molecular weight is 376 g/mol. The van der Waals surface area contributed by atoms with E-state index in [1.54, 1.807) is 7.11 Å². The lowest BCUT2D eigenvalue weighted by atomic mass is 10.1. The van der Waals surface area contributed by atoms with E-state index in [0.29, 0.717) is 18.5 Å². The molecule has 3 rings (SSSR count). The first-order chi connectivity index (χ1) is 13.1. The number of benzene rings is 2. The van der Waals surface area contributed by atoms with Gasteiger partial charge < -0.3 is 9.84 Å². The quantitative estimate of drug-likeness (QED) is 0.806. The number of methoxy groups -OCH3 is 1. The van der Waals surface area contributed by atoms with Crippen LogP contribution < -0.4 is 4.74 Å². The van der Waals surface area contributed by atoms with Gasteiger partial charge in [0.2, 0.25) is 0 Å². The summed E-state index contributed by atoms with van der Waals surface area (Å²) in [5.41, 5.74) is 1.80. The Morgan fingerprint density at radius 3 is 2.52 bits per heavy atom. The topological polar surface area (TPSA) is 35.9 Å². The van der Waals surface area contributed by atoms with Gasteiger partial charge in [-0.25, -0.2) is 8.78 Å². The summed E-state index contributed by atoms with van der Waals surface area (Å²) in [6.45, 7) is 3.79. The molecule has 2 aromatic rings. The van der Waals surface area contributed by atoms with Crippen LogP contribution in [0.15, 0.2) is 42.5 Å². The SMILES string of the molecule is COc1cccc(CN2CCN(Cc3cc(F)cc(F)c3)C[C@H]2CCO)c1. The van der Waals surface area contributed by atoms with Crippen molar-refractivity contribution in [1.29, 1.82) is 0 Å². The van der Waals surface area contributed by atoms with Gasteiger partial charge in [0.05, 0.1) is 7.11 Å². The summed E-state index contributed by atoms with van der Waals surface area (Å²) < 4.78 is 32.2. The van der Waals surface area contributed by atoms with Crippen LogP contribution >= 0.6 is 0 Å². The maximum absolute atomic E-state index is 13.4. The molecule has 146 valence electrons. The Labute approximate surface area is 159 Å². The Bertz CT molecular complexity index is 736. The van der Waals surface area contributed by atoms with Gasteiger partial charge in [0, 0.05) is 51.4 Å². The molecule has 1 atom stereocenters. The Hall–Kier alpha value is -2.02. The molecule has 4 nitrogen and oxygen atoms in total.